The molecular weight excluding hydrogens is 416 g/mol. The lowest BCUT2D eigenvalue weighted by Crippen LogP contribution is -2.35. The summed E-state index contributed by atoms with van der Waals surface area (Å²) in [5, 5.41) is 6.78. The fourth-order valence-electron chi connectivity index (χ4n) is 3.60. The Kier molecular flexibility index (Phi) is 6.11. The van der Waals surface area contributed by atoms with Crippen molar-refractivity contribution in [2.75, 3.05) is 11.9 Å². The molecular formula is C23H22N2O3S2. The molecule has 0 unspecified atom stereocenters. The number of anilines is 1. The molecule has 0 fully saturated rings. The van der Waals surface area contributed by atoms with Crippen molar-refractivity contribution in [1.82, 2.24) is 4.90 Å². The Bertz CT molecular complexity index is 1090. The van der Waals surface area contributed by atoms with Gasteiger partial charge in [0.05, 0.1) is 4.88 Å². The quantitative estimate of drug-likeness (QED) is 0.556. The first-order valence-electron chi connectivity index (χ1n) is 9.83. The smallest absolute Gasteiger partial charge is 0.254 e. The van der Waals surface area contributed by atoms with Gasteiger partial charge in [-0.15, -0.1) is 22.7 Å². The van der Waals surface area contributed by atoms with Gasteiger partial charge in [-0.05, 0) is 59.5 Å². The second kappa shape index (κ2) is 8.93. The molecule has 0 bridgehead atoms. The number of nitrogens with zero attached hydrogens (tertiary/aromatic N) is 1. The summed E-state index contributed by atoms with van der Waals surface area (Å²) >= 11 is 3.13. The van der Waals surface area contributed by atoms with Crippen LogP contribution in [0.5, 0.6) is 0 Å². The minimum Gasteiger partial charge on any atom is -0.334 e. The van der Waals surface area contributed by atoms with Gasteiger partial charge in [-0.3, -0.25) is 14.4 Å². The third-order valence-corrected chi connectivity index (χ3v) is 7.24. The Balaban J connectivity index is 1.41. The third-order valence-electron chi connectivity index (χ3n) is 5.31. The molecule has 3 heterocycles. The number of amides is 2. The number of carbonyl (C=O) groups excluding carboxylic acids is 3. The predicted octanol–water partition coefficient (Wildman–Crippen LogP) is 4.92. The maximum absolute atomic E-state index is 13.1. The number of thiophene rings is 2. The average molecular weight is 439 g/mol. The standard InChI is InChI=1S/C23H22N2O3S2/c1-15-17(23(28)25-11-9-20-16(14-25)10-13-30-20)4-2-5-18(15)24-22(27)8-7-19(26)21-6-3-12-29-21/h2-6,10,12-13H,7-9,11,14H2,1H3,(H,24,27). The van der Waals surface area contributed by atoms with Crippen LogP contribution in [-0.4, -0.2) is 29.0 Å². The molecule has 5 nitrogen and oxygen atoms in total. The zero-order chi connectivity index (χ0) is 21.1. The van der Waals surface area contributed by atoms with Crippen molar-refractivity contribution in [2.45, 2.75) is 32.7 Å². The monoisotopic (exact) mass is 438 g/mol. The Morgan fingerprint density at radius 1 is 1.03 bits per heavy atom. The van der Waals surface area contributed by atoms with Gasteiger partial charge < -0.3 is 10.2 Å². The van der Waals surface area contributed by atoms with E-state index in [2.05, 4.69) is 16.8 Å². The van der Waals surface area contributed by atoms with Crippen LogP contribution in [-0.2, 0) is 17.8 Å². The molecule has 0 aliphatic carbocycles. The van der Waals surface area contributed by atoms with Crippen LogP contribution in [0.2, 0.25) is 0 Å². The van der Waals surface area contributed by atoms with Crippen LogP contribution in [0, 0.1) is 6.92 Å². The van der Waals surface area contributed by atoms with Gasteiger partial charge >= 0.3 is 0 Å². The second-order valence-electron chi connectivity index (χ2n) is 7.27. The van der Waals surface area contributed by atoms with Crippen LogP contribution < -0.4 is 5.32 Å². The fourth-order valence-corrected chi connectivity index (χ4v) is 5.18. The van der Waals surface area contributed by atoms with Crippen molar-refractivity contribution in [2.24, 2.45) is 0 Å². The highest BCUT2D eigenvalue weighted by atomic mass is 32.1. The molecule has 1 aromatic carbocycles. The molecule has 30 heavy (non-hydrogen) atoms. The van der Waals surface area contributed by atoms with Crippen molar-refractivity contribution in [3.8, 4) is 0 Å². The first kappa shape index (κ1) is 20.5. The lowest BCUT2D eigenvalue weighted by molar-refractivity contribution is -0.116. The maximum atomic E-state index is 13.1. The van der Waals surface area contributed by atoms with Crippen LogP contribution >= 0.6 is 22.7 Å². The van der Waals surface area contributed by atoms with Crippen molar-refractivity contribution in [3.63, 3.8) is 0 Å². The predicted molar refractivity (Wildman–Crippen MR) is 120 cm³/mol. The summed E-state index contributed by atoms with van der Waals surface area (Å²) < 4.78 is 0. The topological polar surface area (TPSA) is 66.5 Å². The first-order chi connectivity index (χ1) is 14.5. The van der Waals surface area contributed by atoms with Crippen LogP contribution in [0.4, 0.5) is 5.69 Å². The maximum Gasteiger partial charge on any atom is 0.254 e. The van der Waals surface area contributed by atoms with Gasteiger partial charge in [-0.2, -0.15) is 0 Å². The van der Waals surface area contributed by atoms with Gasteiger partial charge in [-0.1, -0.05) is 12.1 Å². The van der Waals surface area contributed by atoms with Crippen LogP contribution in [0.25, 0.3) is 0 Å². The molecule has 4 rings (SSSR count). The molecule has 0 saturated heterocycles. The van der Waals surface area contributed by atoms with Gasteiger partial charge in [0.25, 0.3) is 5.91 Å². The van der Waals surface area contributed by atoms with E-state index in [4.69, 9.17) is 0 Å². The van der Waals surface area contributed by atoms with E-state index in [0.29, 0.717) is 29.2 Å². The number of ketones is 1. The zero-order valence-corrected chi connectivity index (χ0v) is 18.3. The van der Waals surface area contributed by atoms with Crippen LogP contribution in [0.3, 0.4) is 0 Å². The highest BCUT2D eigenvalue weighted by Crippen LogP contribution is 2.27. The van der Waals surface area contributed by atoms with E-state index in [0.717, 1.165) is 12.0 Å². The van der Waals surface area contributed by atoms with E-state index in [1.54, 1.807) is 35.6 Å². The van der Waals surface area contributed by atoms with Crippen LogP contribution in [0.1, 0.15) is 48.9 Å². The Morgan fingerprint density at radius 3 is 2.70 bits per heavy atom. The number of Topliss-reactive ketones (excluding diaryl/α,β-unsaturated/α-hetero) is 1. The molecule has 0 spiro atoms. The third kappa shape index (κ3) is 4.37. The summed E-state index contributed by atoms with van der Waals surface area (Å²) in [4.78, 5) is 41.5. The van der Waals surface area contributed by atoms with Crippen molar-refractivity contribution in [3.05, 3.63) is 73.6 Å². The lowest BCUT2D eigenvalue weighted by Gasteiger charge is -2.28. The minimum absolute atomic E-state index is 0.0201. The summed E-state index contributed by atoms with van der Waals surface area (Å²) in [5.74, 6) is -0.277. The largest absolute Gasteiger partial charge is 0.334 e. The SMILES string of the molecule is Cc1c(NC(=O)CCC(=O)c2cccs2)cccc1C(=O)N1CCc2sccc2C1. The van der Waals surface area contributed by atoms with Gasteiger partial charge in [0.2, 0.25) is 5.91 Å². The summed E-state index contributed by atoms with van der Waals surface area (Å²) in [6.07, 6.45) is 1.16. The van der Waals surface area contributed by atoms with Gasteiger partial charge in [0, 0.05) is 42.1 Å². The van der Waals surface area contributed by atoms with E-state index < -0.39 is 0 Å². The number of rotatable bonds is 6. The van der Waals surface area contributed by atoms with E-state index in [9.17, 15) is 14.4 Å². The fraction of sp³-hybridized carbons (Fsp3) is 0.261. The molecule has 2 aromatic heterocycles. The molecule has 1 aliphatic rings. The normalized spacial score (nSPS) is 13.0. The first-order valence-corrected chi connectivity index (χ1v) is 11.6. The average Bonchev–Trinajstić information content (AvgIpc) is 3.44. The molecule has 154 valence electrons. The minimum atomic E-state index is -0.228. The lowest BCUT2D eigenvalue weighted by atomic mass is 10.0. The summed E-state index contributed by atoms with van der Waals surface area (Å²) in [7, 11) is 0. The zero-order valence-electron chi connectivity index (χ0n) is 16.6. The summed E-state index contributed by atoms with van der Waals surface area (Å²) in [6, 6.07) is 11.1. The number of fused-ring (bicyclic) bond motifs is 1. The van der Waals surface area contributed by atoms with Gasteiger partial charge in [0.1, 0.15) is 0 Å². The van der Waals surface area contributed by atoms with E-state index in [1.165, 1.54) is 21.8 Å². The number of hydrogen-bond donors (Lipinski definition) is 1. The molecule has 3 aromatic rings. The molecule has 2 amide bonds. The molecule has 0 saturated carbocycles. The number of nitrogens with one attached hydrogen (secondary N) is 1. The molecule has 0 radical (unpaired) electrons. The summed E-state index contributed by atoms with van der Waals surface area (Å²) in [6.45, 7) is 3.17. The Labute approximate surface area is 183 Å². The number of carbonyl (C=O) groups is 3. The number of hydrogen-bond acceptors (Lipinski definition) is 5. The summed E-state index contributed by atoms with van der Waals surface area (Å²) in [5.41, 5.74) is 3.18. The van der Waals surface area contributed by atoms with E-state index in [1.807, 2.05) is 23.3 Å². The molecule has 0 atom stereocenters. The molecule has 1 aliphatic heterocycles. The van der Waals surface area contributed by atoms with E-state index in [-0.39, 0.29) is 30.4 Å². The molecule has 1 N–H and O–H groups in total. The number of benzene rings is 1. The van der Waals surface area contributed by atoms with Crippen LogP contribution in [0.15, 0.2) is 47.2 Å². The van der Waals surface area contributed by atoms with E-state index >= 15 is 0 Å². The van der Waals surface area contributed by atoms with Gasteiger partial charge in [0.15, 0.2) is 5.78 Å². The molecule has 7 heteroatoms. The van der Waals surface area contributed by atoms with Crippen molar-refractivity contribution < 1.29 is 14.4 Å². The van der Waals surface area contributed by atoms with Crippen molar-refractivity contribution >= 4 is 46.0 Å². The van der Waals surface area contributed by atoms with Crippen molar-refractivity contribution in [1.29, 1.82) is 0 Å². The Hall–Kier alpha value is -2.77. The van der Waals surface area contributed by atoms with Gasteiger partial charge in [-0.25, -0.2) is 0 Å². The Morgan fingerprint density at radius 2 is 1.90 bits per heavy atom. The highest BCUT2D eigenvalue weighted by molar-refractivity contribution is 7.12. The second-order valence-corrected chi connectivity index (χ2v) is 9.22. The highest BCUT2D eigenvalue weighted by Gasteiger charge is 2.24.